The van der Waals surface area contributed by atoms with Gasteiger partial charge in [-0.2, -0.15) is 0 Å². The third-order valence-electron chi connectivity index (χ3n) is 3.01. The number of hydrogen-bond acceptors (Lipinski definition) is 4. The van der Waals surface area contributed by atoms with Crippen LogP contribution in [-0.4, -0.2) is 22.1 Å². The number of aromatic hydroxyl groups is 1. The topological polar surface area (TPSA) is 60.8 Å². The van der Waals surface area contributed by atoms with E-state index in [2.05, 4.69) is 0 Å². The summed E-state index contributed by atoms with van der Waals surface area (Å²) in [4.78, 5) is 14.3. The lowest BCUT2D eigenvalue weighted by molar-refractivity contribution is 0.0697. The Hall–Kier alpha value is -2.14. The first kappa shape index (κ1) is 11.9. The Labute approximate surface area is 114 Å². The van der Waals surface area contributed by atoms with E-state index in [1.807, 2.05) is 29.2 Å². The van der Waals surface area contributed by atoms with Gasteiger partial charge >= 0.3 is 5.97 Å². The third kappa shape index (κ3) is 2.02. The Kier molecular flexibility index (Phi) is 2.83. The number of phenolic OH excluding ortho intramolecular Hbond substituents is 1. The average molecular weight is 273 g/mol. The number of benzene rings is 2. The van der Waals surface area contributed by atoms with E-state index in [0.717, 1.165) is 10.6 Å². The van der Waals surface area contributed by atoms with E-state index in [4.69, 9.17) is 0 Å². The summed E-state index contributed by atoms with van der Waals surface area (Å²) in [5, 5.41) is 18.9. The molecule has 0 atom stereocenters. The molecule has 1 aliphatic heterocycles. The van der Waals surface area contributed by atoms with Crippen LogP contribution in [0.3, 0.4) is 0 Å². The van der Waals surface area contributed by atoms with E-state index in [1.165, 1.54) is 18.2 Å². The zero-order valence-electron chi connectivity index (χ0n) is 9.91. The highest BCUT2D eigenvalue weighted by Gasteiger charge is 2.24. The monoisotopic (exact) mass is 273 g/mol. The van der Waals surface area contributed by atoms with Crippen LogP contribution in [0.4, 0.5) is 11.4 Å². The normalized spacial score (nSPS) is 13.4. The first-order chi connectivity index (χ1) is 9.16. The summed E-state index contributed by atoms with van der Waals surface area (Å²) >= 11 is 1.65. The molecule has 2 aromatic carbocycles. The van der Waals surface area contributed by atoms with Crippen LogP contribution in [0.15, 0.2) is 47.4 Å². The van der Waals surface area contributed by atoms with Crippen LogP contribution in [0.25, 0.3) is 0 Å². The number of hydrogen-bond donors (Lipinski definition) is 2. The number of phenols is 1. The van der Waals surface area contributed by atoms with Crippen LogP contribution >= 0.6 is 11.8 Å². The van der Waals surface area contributed by atoms with Crippen molar-refractivity contribution >= 4 is 29.1 Å². The summed E-state index contributed by atoms with van der Waals surface area (Å²) in [6.07, 6.45) is 0. The molecular weight excluding hydrogens is 262 g/mol. The predicted molar refractivity (Wildman–Crippen MR) is 74.4 cm³/mol. The predicted octanol–water partition coefficient (Wildman–Crippen LogP) is 3.29. The van der Waals surface area contributed by atoms with E-state index in [-0.39, 0.29) is 11.3 Å². The van der Waals surface area contributed by atoms with Crippen molar-refractivity contribution in [1.29, 1.82) is 0 Å². The number of para-hydroxylation sites is 1. The molecule has 0 aliphatic carbocycles. The molecular formula is C14H11NO3S. The van der Waals surface area contributed by atoms with Crippen molar-refractivity contribution in [3.8, 4) is 5.75 Å². The molecule has 0 radical (unpaired) electrons. The first-order valence-corrected chi connectivity index (χ1v) is 6.71. The first-order valence-electron chi connectivity index (χ1n) is 5.72. The van der Waals surface area contributed by atoms with Gasteiger partial charge in [0.2, 0.25) is 0 Å². The Balaban J connectivity index is 2.13. The summed E-state index contributed by atoms with van der Waals surface area (Å²) in [5.74, 6) is -0.290. The van der Waals surface area contributed by atoms with Crippen molar-refractivity contribution in [2.45, 2.75) is 4.90 Å². The molecule has 1 heterocycles. The highest BCUT2D eigenvalue weighted by atomic mass is 32.2. The second kappa shape index (κ2) is 4.51. The summed E-state index contributed by atoms with van der Waals surface area (Å²) < 4.78 is 0. The Morgan fingerprint density at radius 2 is 1.95 bits per heavy atom. The van der Waals surface area contributed by atoms with E-state index in [1.54, 1.807) is 11.8 Å². The van der Waals surface area contributed by atoms with Crippen LogP contribution in [-0.2, 0) is 0 Å². The Morgan fingerprint density at radius 3 is 2.74 bits per heavy atom. The molecule has 0 saturated carbocycles. The largest absolute Gasteiger partial charge is 0.508 e. The minimum Gasteiger partial charge on any atom is -0.508 e. The molecule has 3 rings (SSSR count). The maximum atomic E-state index is 11.3. The van der Waals surface area contributed by atoms with Crippen molar-refractivity contribution in [2.24, 2.45) is 0 Å². The van der Waals surface area contributed by atoms with Gasteiger partial charge in [0.15, 0.2) is 0 Å². The van der Waals surface area contributed by atoms with E-state index >= 15 is 0 Å². The lowest BCUT2D eigenvalue weighted by Gasteiger charge is -2.20. The second-order valence-corrected chi connectivity index (χ2v) is 5.16. The Bertz CT molecular complexity index is 657. The smallest absolute Gasteiger partial charge is 0.337 e. The minimum atomic E-state index is -0.996. The maximum Gasteiger partial charge on any atom is 0.337 e. The van der Waals surface area contributed by atoms with Gasteiger partial charge in [0, 0.05) is 11.0 Å². The van der Waals surface area contributed by atoms with E-state index in [0.29, 0.717) is 11.6 Å². The fourth-order valence-corrected chi connectivity index (χ4v) is 3.18. The van der Waals surface area contributed by atoms with E-state index < -0.39 is 5.97 Å². The van der Waals surface area contributed by atoms with Crippen molar-refractivity contribution < 1.29 is 15.0 Å². The molecule has 4 nitrogen and oxygen atoms in total. The van der Waals surface area contributed by atoms with Crippen LogP contribution in [0, 0.1) is 0 Å². The van der Waals surface area contributed by atoms with Crippen molar-refractivity contribution in [3.05, 3.63) is 48.0 Å². The van der Waals surface area contributed by atoms with Gasteiger partial charge < -0.3 is 15.1 Å². The summed E-state index contributed by atoms with van der Waals surface area (Å²) in [6, 6.07) is 12.1. The van der Waals surface area contributed by atoms with Gasteiger partial charge in [-0.15, -0.1) is 11.8 Å². The standard InChI is InChI=1S/C14H11NO3S/c16-9-5-6-10(14(17)18)12(7-9)15-8-19-13-4-2-1-3-11(13)15/h1-7,16H,8H2,(H,17,18). The fraction of sp³-hybridized carbons (Fsp3) is 0.0714. The lowest BCUT2D eigenvalue weighted by Crippen LogP contribution is -2.15. The average Bonchev–Trinajstić information content (AvgIpc) is 2.82. The molecule has 0 fully saturated rings. The quantitative estimate of drug-likeness (QED) is 0.879. The molecule has 2 N–H and O–H groups in total. The van der Waals surface area contributed by atoms with Gasteiger partial charge in [-0.3, -0.25) is 0 Å². The second-order valence-electron chi connectivity index (χ2n) is 4.18. The molecule has 0 bridgehead atoms. The number of rotatable bonds is 2. The zero-order chi connectivity index (χ0) is 13.4. The number of carboxylic acid groups (broad SMARTS) is 1. The van der Waals surface area contributed by atoms with Crippen molar-refractivity contribution in [2.75, 3.05) is 10.8 Å². The number of fused-ring (bicyclic) bond motifs is 1. The minimum absolute atomic E-state index is 0.0642. The van der Waals surface area contributed by atoms with Gasteiger partial charge in [0.05, 0.1) is 22.8 Å². The zero-order valence-corrected chi connectivity index (χ0v) is 10.7. The third-order valence-corrected chi connectivity index (χ3v) is 4.05. The fourth-order valence-electron chi connectivity index (χ4n) is 2.13. The van der Waals surface area contributed by atoms with Gasteiger partial charge in [0.25, 0.3) is 0 Å². The molecule has 19 heavy (non-hydrogen) atoms. The molecule has 0 spiro atoms. The van der Waals surface area contributed by atoms with Crippen LogP contribution < -0.4 is 4.90 Å². The molecule has 0 amide bonds. The molecule has 0 aromatic heterocycles. The number of aromatic carboxylic acids is 1. The molecule has 2 aromatic rings. The SMILES string of the molecule is O=C(O)c1ccc(O)cc1N1CSc2ccccc21. The van der Waals surface area contributed by atoms with Gasteiger partial charge in [0.1, 0.15) is 5.75 Å². The number of thioether (sulfide) groups is 1. The lowest BCUT2D eigenvalue weighted by atomic mass is 10.1. The summed E-state index contributed by atoms with van der Waals surface area (Å²) in [6.45, 7) is 0. The molecule has 1 aliphatic rings. The summed E-state index contributed by atoms with van der Waals surface area (Å²) in [7, 11) is 0. The number of nitrogens with zero attached hydrogens (tertiary/aromatic N) is 1. The molecule has 0 unspecified atom stereocenters. The Morgan fingerprint density at radius 1 is 1.16 bits per heavy atom. The number of carboxylic acids is 1. The van der Waals surface area contributed by atoms with Gasteiger partial charge in [-0.25, -0.2) is 4.79 Å². The van der Waals surface area contributed by atoms with Crippen molar-refractivity contribution in [1.82, 2.24) is 0 Å². The van der Waals surface area contributed by atoms with Crippen LogP contribution in [0.5, 0.6) is 5.75 Å². The molecule has 5 heteroatoms. The van der Waals surface area contributed by atoms with Crippen LogP contribution in [0.1, 0.15) is 10.4 Å². The van der Waals surface area contributed by atoms with Crippen molar-refractivity contribution in [3.63, 3.8) is 0 Å². The maximum absolute atomic E-state index is 11.3. The van der Waals surface area contributed by atoms with Gasteiger partial charge in [-0.05, 0) is 24.3 Å². The number of anilines is 2. The van der Waals surface area contributed by atoms with Crippen LogP contribution in [0.2, 0.25) is 0 Å². The highest BCUT2D eigenvalue weighted by molar-refractivity contribution is 7.99. The van der Waals surface area contributed by atoms with Gasteiger partial charge in [-0.1, -0.05) is 12.1 Å². The van der Waals surface area contributed by atoms with E-state index in [9.17, 15) is 15.0 Å². The summed E-state index contributed by atoms with van der Waals surface area (Å²) in [5.41, 5.74) is 1.68. The number of carbonyl (C=O) groups is 1. The highest BCUT2D eigenvalue weighted by Crippen LogP contribution is 2.44. The molecule has 96 valence electrons. The molecule has 0 saturated heterocycles.